The minimum absolute atomic E-state index is 0.117. The number of benzene rings is 3. The summed E-state index contributed by atoms with van der Waals surface area (Å²) in [6.07, 6.45) is 0. The molecule has 0 aromatic heterocycles. The van der Waals surface area contributed by atoms with E-state index in [1.807, 2.05) is 42.5 Å². The molecule has 0 heterocycles. The highest BCUT2D eigenvalue weighted by Crippen LogP contribution is 2.24. The lowest BCUT2D eigenvalue weighted by molar-refractivity contribution is -0.118. The van der Waals surface area contributed by atoms with E-state index in [9.17, 15) is 9.18 Å². The second-order valence-corrected chi connectivity index (χ2v) is 6.69. The van der Waals surface area contributed by atoms with Gasteiger partial charge in [0.05, 0.1) is 12.3 Å². The molecule has 0 unspecified atom stereocenters. The van der Waals surface area contributed by atoms with Crippen molar-refractivity contribution in [2.75, 3.05) is 18.9 Å². The molecule has 0 atom stereocenters. The molecular weight excluding hydrogens is 361 g/mol. The maximum Gasteiger partial charge on any atom is 0.231 e. The van der Waals surface area contributed by atoms with Crippen molar-refractivity contribution in [2.24, 2.45) is 0 Å². The fourth-order valence-electron chi connectivity index (χ4n) is 2.42. The molecule has 0 saturated heterocycles. The van der Waals surface area contributed by atoms with E-state index in [2.05, 4.69) is 17.2 Å². The highest BCUT2D eigenvalue weighted by molar-refractivity contribution is 8.00. The largest absolute Gasteiger partial charge is 0.480 e. The number of thioether (sulfide) groups is 1. The van der Waals surface area contributed by atoms with Gasteiger partial charge in [-0.3, -0.25) is 4.79 Å². The zero-order valence-corrected chi connectivity index (χ0v) is 15.4. The van der Waals surface area contributed by atoms with Crippen molar-refractivity contribution in [2.45, 2.75) is 4.90 Å². The summed E-state index contributed by atoms with van der Waals surface area (Å²) in [6, 6.07) is 20.0. The van der Waals surface area contributed by atoms with Crippen LogP contribution in [-0.4, -0.2) is 24.8 Å². The zero-order valence-electron chi connectivity index (χ0n) is 14.6. The van der Waals surface area contributed by atoms with Gasteiger partial charge in [0.1, 0.15) is 18.2 Å². The summed E-state index contributed by atoms with van der Waals surface area (Å²) in [5.74, 6) is 6.43. The number of hydrogen-bond donors (Lipinski definition) is 1. The molecule has 136 valence electrons. The summed E-state index contributed by atoms with van der Waals surface area (Å²) in [5.41, 5.74) is 0. The first-order valence-corrected chi connectivity index (χ1v) is 9.42. The van der Waals surface area contributed by atoms with E-state index >= 15 is 0 Å². The number of carbonyl (C=O) groups is 1. The Morgan fingerprint density at radius 3 is 2.63 bits per heavy atom. The third kappa shape index (κ3) is 5.77. The number of halogens is 1. The monoisotopic (exact) mass is 379 g/mol. The highest BCUT2D eigenvalue weighted by atomic mass is 32.2. The van der Waals surface area contributed by atoms with Crippen LogP contribution in [0.1, 0.15) is 0 Å². The third-order valence-electron chi connectivity index (χ3n) is 3.73. The first-order valence-electron chi connectivity index (χ1n) is 8.44. The van der Waals surface area contributed by atoms with Gasteiger partial charge in [-0.15, -0.1) is 11.8 Å². The Hall–Kier alpha value is -2.97. The number of ether oxygens (including phenoxy) is 1. The quantitative estimate of drug-likeness (QED) is 0.513. The first-order chi connectivity index (χ1) is 13.2. The van der Waals surface area contributed by atoms with E-state index in [-0.39, 0.29) is 30.6 Å². The van der Waals surface area contributed by atoms with Gasteiger partial charge in [0.15, 0.2) is 0 Å². The van der Waals surface area contributed by atoms with E-state index in [1.165, 1.54) is 23.9 Å². The van der Waals surface area contributed by atoms with Crippen molar-refractivity contribution >= 4 is 28.4 Å². The van der Waals surface area contributed by atoms with Gasteiger partial charge in [-0.05, 0) is 35.7 Å². The lowest BCUT2D eigenvalue weighted by Crippen LogP contribution is -2.25. The van der Waals surface area contributed by atoms with Crippen LogP contribution in [0.4, 0.5) is 4.39 Å². The van der Waals surface area contributed by atoms with Crippen molar-refractivity contribution in [3.05, 3.63) is 72.5 Å². The van der Waals surface area contributed by atoms with E-state index < -0.39 is 0 Å². The average molecular weight is 379 g/mol. The van der Waals surface area contributed by atoms with Crippen molar-refractivity contribution < 1.29 is 13.9 Å². The summed E-state index contributed by atoms with van der Waals surface area (Å²) >= 11 is 1.35. The predicted molar refractivity (Wildman–Crippen MR) is 107 cm³/mol. The summed E-state index contributed by atoms with van der Waals surface area (Å²) in [6.45, 7) is 0.524. The lowest BCUT2D eigenvalue weighted by atomic mass is 10.1. The van der Waals surface area contributed by atoms with Crippen LogP contribution in [0, 0.1) is 17.7 Å². The average Bonchev–Trinajstić information content (AvgIpc) is 2.70. The summed E-state index contributed by atoms with van der Waals surface area (Å²) in [7, 11) is 0. The Morgan fingerprint density at radius 1 is 1.00 bits per heavy atom. The molecule has 0 aliphatic heterocycles. The summed E-state index contributed by atoms with van der Waals surface area (Å²) in [4.78, 5) is 12.6. The highest BCUT2D eigenvalue weighted by Gasteiger charge is 2.02. The number of hydrogen-bond acceptors (Lipinski definition) is 3. The van der Waals surface area contributed by atoms with Gasteiger partial charge in [0, 0.05) is 10.3 Å². The molecule has 27 heavy (non-hydrogen) atoms. The molecule has 0 spiro atoms. The van der Waals surface area contributed by atoms with E-state index in [0.29, 0.717) is 0 Å². The van der Waals surface area contributed by atoms with Crippen LogP contribution in [0.25, 0.3) is 10.8 Å². The molecule has 3 aromatic rings. The van der Waals surface area contributed by atoms with Crippen molar-refractivity contribution in [3.8, 4) is 17.6 Å². The number of rotatable bonds is 6. The molecule has 1 amide bonds. The molecule has 0 saturated carbocycles. The maximum atomic E-state index is 12.8. The van der Waals surface area contributed by atoms with Crippen LogP contribution in [0.15, 0.2) is 71.6 Å². The second-order valence-electron chi connectivity index (χ2n) is 5.64. The molecule has 0 radical (unpaired) electrons. The van der Waals surface area contributed by atoms with Crippen LogP contribution in [0.5, 0.6) is 5.75 Å². The van der Waals surface area contributed by atoms with Crippen LogP contribution in [-0.2, 0) is 4.79 Å². The number of carbonyl (C=O) groups excluding carboxylic acids is 1. The van der Waals surface area contributed by atoms with Gasteiger partial charge < -0.3 is 10.1 Å². The van der Waals surface area contributed by atoms with Crippen molar-refractivity contribution in [3.63, 3.8) is 0 Å². The first kappa shape index (κ1) is 18.8. The second kappa shape index (κ2) is 9.65. The fourth-order valence-corrected chi connectivity index (χ4v) is 3.15. The molecule has 1 N–H and O–H groups in total. The Labute approximate surface area is 161 Å². The van der Waals surface area contributed by atoms with Gasteiger partial charge in [-0.2, -0.15) is 0 Å². The fraction of sp³-hybridized carbons (Fsp3) is 0.136. The van der Waals surface area contributed by atoms with Gasteiger partial charge >= 0.3 is 0 Å². The SMILES string of the molecule is O=C(CSc1ccc(F)cc1)NCC#CCOc1cccc2ccccc12. The molecule has 3 nitrogen and oxygen atoms in total. The Bertz CT molecular complexity index is 972. The van der Waals surface area contributed by atoms with Crippen LogP contribution >= 0.6 is 11.8 Å². The zero-order chi connectivity index (χ0) is 18.9. The van der Waals surface area contributed by atoms with E-state index in [1.54, 1.807) is 12.1 Å². The molecule has 5 heteroatoms. The molecule has 3 aromatic carbocycles. The molecule has 0 aliphatic rings. The van der Waals surface area contributed by atoms with Gasteiger partial charge in [0.25, 0.3) is 0 Å². The van der Waals surface area contributed by atoms with E-state index in [0.717, 1.165) is 21.4 Å². The topological polar surface area (TPSA) is 38.3 Å². The van der Waals surface area contributed by atoms with Crippen LogP contribution < -0.4 is 10.1 Å². The number of amides is 1. The minimum Gasteiger partial charge on any atom is -0.480 e. The third-order valence-corrected chi connectivity index (χ3v) is 4.74. The molecule has 0 fully saturated rings. The van der Waals surface area contributed by atoms with E-state index in [4.69, 9.17) is 4.74 Å². The standard InChI is InChI=1S/C22H18FNO2S/c23-18-10-12-19(13-11-18)27-16-22(25)24-14-3-4-15-26-21-9-5-7-17-6-1-2-8-20(17)21/h1-2,5-13H,14-16H2,(H,24,25). The minimum atomic E-state index is -0.287. The summed E-state index contributed by atoms with van der Waals surface area (Å²) < 4.78 is 18.5. The predicted octanol–water partition coefficient (Wildman–Crippen LogP) is 4.27. The van der Waals surface area contributed by atoms with Gasteiger partial charge in [-0.1, -0.05) is 48.2 Å². The normalized spacial score (nSPS) is 10.1. The van der Waals surface area contributed by atoms with Crippen molar-refractivity contribution in [1.29, 1.82) is 0 Å². The molecular formula is C22H18FNO2S. The number of nitrogens with one attached hydrogen (secondary N) is 1. The van der Waals surface area contributed by atoms with Gasteiger partial charge in [0.2, 0.25) is 5.91 Å². The Morgan fingerprint density at radius 2 is 1.78 bits per heavy atom. The van der Waals surface area contributed by atoms with Crippen molar-refractivity contribution in [1.82, 2.24) is 5.32 Å². The molecule has 3 rings (SSSR count). The van der Waals surface area contributed by atoms with Crippen LogP contribution in [0.3, 0.4) is 0 Å². The van der Waals surface area contributed by atoms with Gasteiger partial charge in [-0.25, -0.2) is 4.39 Å². The number of fused-ring (bicyclic) bond motifs is 1. The Balaban J connectivity index is 1.39. The molecule has 0 aliphatic carbocycles. The smallest absolute Gasteiger partial charge is 0.231 e. The Kier molecular flexibility index (Phi) is 6.72. The lowest BCUT2D eigenvalue weighted by Gasteiger charge is -2.06. The summed E-state index contributed by atoms with van der Waals surface area (Å²) in [5, 5.41) is 4.90. The van der Waals surface area contributed by atoms with Crippen LogP contribution in [0.2, 0.25) is 0 Å². The maximum absolute atomic E-state index is 12.8. The molecule has 0 bridgehead atoms.